The van der Waals surface area contributed by atoms with Crippen molar-refractivity contribution in [3.63, 3.8) is 0 Å². The molecule has 1 fully saturated rings. The highest BCUT2D eigenvalue weighted by Gasteiger charge is 2.16. The average Bonchev–Trinajstić information content (AvgIpc) is 2.75. The van der Waals surface area contributed by atoms with Crippen LogP contribution in [0.15, 0.2) is 54.9 Å². The van der Waals surface area contributed by atoms with E-state index in [1.165, 1.54) is 0 Å². The summed E-state index contributed by atoms with van der Waals surface area (Å²) in [5.74, 6) is 0.559. The molecular formula is C20H26N6O2. The highest BCUT2D eigenvalue weighted by Crippen LogP contribution is 2.21. The number of para-hydroxylation sites is 1. The number of carbonyl (C=O) groups is 1. The third kappa shape index (κ3) is 3.91. The summed E-state index contributed by atoms with van der Waals surface area (Å²) in [5.41, 5.74) is 7.92. The van der Waals surface area contributed by atoms with Crippen LogP contribution in [0.25, 0.3) is 11.3 Å². The Balaban J connectivity index is 0.00000160. The molecule has 1 aliphatic rings. The van der Waals surface area contributed by atoms with E-state index in [9.17, 15) is 4.79 Å². The summed E-state index contributed by atoms with van der Waals surface area (Å²) in [6, 6.07) is 13.0. The van der Waals surface area contributed by atoms with Gasteiger partial charge in [0.1, 0.15) is 5.82 Å². The first-order valence-corrected chi connectivity index (χ1v) is 8.99. The van der Waals surface area contributed by atoms with E-state index in [-0.39, 0.29) is 15.8 Å². The molecule has 3 aromatic rings. The maximum absolute atomic E-state index is 12.6. The van der Waals surface area contributed by atoms with Crippen LogP contribution in [-0.2, 0) is 4.74 Å². The van der Waals surface area contributed by atoms with E-state index in [0.29, 0.717) is 24.6 Å². The first kappa shape index (κ1) is 17.9. The number of amides is 1. The van der Waals surface area contributed by atoms with Gasteiger partial charge in [-0.05, 0) is 24.3 Å². The number of rotatable bonds is 4. The van der Waals surface area contributed by atoms with Crippen LogP contribution in [0.2, 0.25) is 0 Å². The van der Waals surface area contributed by atoms with Crippen LogP contribution in [0.1, 0.15) is 14.8 Å². The van der Waals surface area contributed by atoms with Crippen LogP contribution in [0, 0.1) is 0 Å². The number of benzene rings is 1. The fraction of sp³-hybridized carbons (Fsp3) is 0.200. The van der Waals surface area contributed by atoms with Crippen molar-refractivity contribution >= 4 is 23.2 Å². The van der Waals surface area contributed by atoms with Crippen molar-refractivity contribution in [1.82, 2.24) is 15.0 Å². The number of nitrogens with one attached hydrogen (secondary N) is 1. The second-order valence-electron chi connectivity index (χ2n) is 6.31. The van der Waals surface area contributed by atoms with Gasteiger partial charge in [-0.3, -0.25) is 4.79 Å². The Kier molecular flexibility index (Phi) is 5.11. The minimum atomic E-state index is -0.407. The summed E-state index contributed by atoms with van der Waals surface area (Å²) in [4.78, 5) is 27.8. The van der Waals surface area contributed by atoms with E-state index in [1.54, 1.807) is 24.5 Å². The van der Waals surface area contributed by atoms with Gasteiger partial charge in [-0.15, -0.1) is 0 Å². The summed E-state index contributed by atoms with van der Waals surface area (Å²) in [5, 5.41) is 2.77. The largest absolute Gasteiger partial charge is 0.382 e. The van der Waals surface area contributed by atoms with Crippen LogP contribution in [0.4, 0.5) is 17.3 Å². The van der Waals surface area contributed by atoms with Gasteiger partial charge in [0.25, 0.3) is 5.91 Å². The zero-order chi connectivity index (χ0) is 19.3. The number of aromatic nitrogens is 3. The number of nitrogens with zero attached hydrogens (tertiary/aromatic N) is 4. The third-order valence-electron chi connectivity index (χ3n) is 4.43. The predicted octanol–water partition coefficient (Wildman–Crippen LogP) is 2.95. The number of pyridine rings is 1. The number of hydrogen-bond donors (Lipinski definition) is 2. The average molecular weight is 382 g/mol. The molecule has 28 heavy (non-hydrogen) atoms. The predicted molar refractivity (Wildman–Crippen MR) is 113 cm³/mol. The van der Waals surface area contributed by atoms with E-state index in [0.717, 1.165) is 24.5 Å². The Bertz CT molecular complexity index is 970. The molecule has 1 aromatic carbocycles. The van der Waals surface area contributed by atoms with Gasteiger partial charge in [-0.25, -0.2) is 15.0 Å². The number of morpholine rings is 1. The fourth-order valence-corrected chi connectivity index (χ4v) is 2.93. The maximum Gasteiger partial charge on any atom is 0.278 e. The monoisotopic (exact) mass is 382 g/mol. The Hall–Kier alpha value is -3.52. The fourth-order valence-electron chi connectivity index (χ4n) is 2.93. The molecule has 1 amide bonds. The molecule has 4 rings (SSSR count). The van der Waals surface area contributed by atoms with Crippen LogP contribution in [-0.4, -0.2) is 47.2 Å². The quantitative estimate of drug-likeness (QED) is 0.714. The second-order valence-corrected chi connectivity index (χ2v) is 6.31. The summed E-state index contributed by atoms with van der Waals surface area (Å²) < 4.78 is 5.37. The zero-order valence-corrected chi connectivity index (χ0v) is 15.2. The minimum absolute atomic E-state index is 0. The van der Waals surface area contributed by atoms with Gasteiger partial charge in [0.05, 0.1) is 25.1 Å². The molecule has 0 bridgehead atoms. The lowest BCUT2D eigenvalue weighted by molar-refractivity contribution is 0.102. The van der Waals surface area contributed by atoms with Gasteiger partial charge in [0, 0.05) is 34.8 Å². The minimum Gasteiger partial charge on any atom is -0.382 e. The lowest BCUT2D eigenvalue weighted by atomic mass is 10.2. The molecule has 0 radical (unpaired) electrons. The van der Waals surface area contributed by atoms with Gasteiger partial charge >= 0.3 is 0 Å². The molecule has 3 N–H and O–H groups in total. The van der Waals surface area contributed by atoms with E-state index in [4.69, 9.17) is 10.5 Å². The Morgan fingerprint density at radius 2 is 1.86 bits per heavy atom. The van der Waals surface area contributed by atoms with E-state index < -0.39 is 5.91 Å². The van der Waals surface area contributed by atoms with E-state index in [1.807, 2.05) is 30.3 Å². The Labute approximate surface area is 166 Å². The number of hydrogen-bond acceptors (Lipinski definition) is 7. The van der Waals surface area contributed by atoms with Crippen LogP contribution in [0.3, 0.4) is 0 Å². The molecule has 8 nitrogen and oxygen atoms in total. The standard InChI is InChI=1S/C20H20N6O2.3H2/c21-19-18(20(27)24-15-4-2-1-3-5-15)25-16(13-23-19)14-6-7-17(22-12-14)26-8-10-28-11-9-26;;;/h1-7,12-13H,8-11H2,(H2,21,23)(H,24,27);3*1H. The van der Waals surface area contributed by atoms with Crippen molar-refractivity contribution in [2.45, 2.75) is 0 Å². The molecule has 8 heteroatoms. The molecule has 0 unspecified atom stereocenters. The molecule has 0 aliphatic carbocycles. The van der Waals surface area contributed by atoms with Gasteiger partial charge in [0.2, 0.25) is 0 Å². The smallest absolute Gasteiger partial charge is 0.278 e. The van der Waals surface area contributed by atoms with Crippen molar-refractivity contribution in [1.29, 1.82) is 0 Å². The first-order valence-electron chi connectivity index (χ1n) is 8.99. The molecule has 0 spiro atoms. The van der Waals surface area contributed by atoms with Crippen LogP contribution < -0.4 is 16.0 Å². The summed E-state index contributed by atoms with van der Waals surface area (Å²) in [6.07, 6.45) is 3.27. The first-order chi connectivity index (χ1) is 13.7. The summed E-state index contributed by atoms with van der Waals surface area (Å²) in [7, 11) is 0. The van der Waals surface area contributed by atoms with Crippen LogP contribution >= 0.6 is 0 Å². The SMILES string of the molecule is Nc1ncc(-c2ccc(N3CCOCC3)nc2)nc1C(=O)Nc1ccccc1.[HH].[HH].[HH]. The lowest BCUT2D eigenvalue weighted by Gasteiger charge is -2.27. The molecule has 0 saturated carbocycles. The molecular weight excluding hydrogens is 356 g/mol. The Morgan fingerprint density at radius 3 is 2.57 bits per heavy atom. The summed E-state index contributed by atoms with van der Waals surface area (Å²) >= 11 is 0. The van der Waals surface area contributed by atoms with Crippen LogP contribution in [0.5, 0.6) is 0 Å². The topological polar surface area (TPSA) is 106 Å². The molecule has 1 aliphatic heterocycles. The third-order valence-corrected chi connectivity index (χ3v) is 4.43. The zero-order valence-electron chi connectivity index (χ0n) is 15.2. The van der Waals surface area contributed by atoms with Crippen molar-refractivity contribution in [3.8, 4) is 11.3 Å². The summed E-state index contributed by atoms with van der Waals surface area (Å²) in [6.45, 7) is 3.04. The second kappa shape index (κ2) is 8.01. The molecule has 0 atom stereocenters. The molecule has 148 valence electrons. The number of nitrogens with two attached hydrogens (primary N) is 1. The van der Waals surface area contributed by atoms with Crippen molar-refractivity contribution in [3.05, 3.63) is 60.6 Å². The number of anilines is 3. The van der Waals surface area contributed by atoms with Crippen molar-refractivity contribution < 1.29 is 13.8 Å². The van der Waals surface area contributed by atoms with Crippen molar-refractivity contribution in [2.75, 3.05) is 42.3 Å². The number of carbonyl (C=O) groups excluding carboxylic acids is 1. The maximum atomic E-state index is 12.6. The van der Waals surface area contributed by atoms with E-state index >= 15 is 0 Å². The van der Waals surface area contributed by atoms with Crippen molar-refractivity contribution in [2.24, 2.45) is 0 Å². The highest BCUT2D eigenvalue weighted by molar-refractivity contribution is 6.05. The lowest BCUT2D eigenvalue weighted by Crippen LogP contribution is -2.36. The molecule has 3 heterocycles. The number of ether oxygens (including phenoxy) is 1. The molecule has 1 saturated heterocycles. The Morgan fingerprint density at radius 1 is 1.07 bits per heavy atom. The highest BCUT2D eigenvalue weighted by atomic mass is 16.5. The van der Waals surface area contributed by atoms with Gasteiger partial charge < -0.3 is 20.7 Å². The van der Waals surface area contributed by atoms with Gasteiger partial charge in [0.15, 0.2) is 11.5 Å². The number of nitrogen functional groups attached to an aromatic ring is 1. The molecule has 2 aromatic heterocycles. The normalized spacial score (nSPS) is 13.9. The van der Waals surface area contributed by atoms with Gasteiger partial charge in [-0.1, -0.05) is 18.2 Å². The van der Waals surface area contributed by atoms with E-state index in [2.05, 4.69) is 25.2 Å². The van der Waals surface area contributed by atoms with Gasteiger partial charge in [-0.2, -0.15) is 0 Å².